The Balaban J connectivity index is 2.02. The van der Waals surface area contributed by atoms with Crippen molar-refractivity contribution in [3.05, 3.63) is 68.1 Å². The lowest BCUT2D eigenvalue weighted by atomic mass is 10.1. The van der Waals surface area contributed by atoms with Gasteiger partial charge in [0.1, 0.15) is 0 Å². The average Bonchev–Trinajstić information content (AvgIpc) is 2.43. The topological polar surface area (TPSA) is 12.0 Å². The van der Waals surface area contributed by atoms with Crippen LogP contribution >= 0.6 is 31.9 Å². The van der Waals surface area contributed by atoms with E-state index >= 15 is 0 Å². The third-order valence-electron chi connectivity index (χ3n) is 3.04. The molecule has 0 spiro atoms. The van der Waals surface area contributed by atoms with Crippen LogP contribution in [0.3, 0.4) is 0 Å². The van der Waals surface area contributed by atoms with Gasteiger partial charge in [0.25, 0.3) is 0 Å². The van der Waals surface area contributed by atoms with Gasteiger partial charge >= 0.3 is 0 Å². The first-order valence-electron chi connectivity index (χ1n) is 6.09. The van der Waals surface area contributed by atoms with Crippen molar-refractivity contribution in [2.24, 2.45) is 0 Å². The maximum atomic E-state index is 13.2. The van der Waals surface area contributed by atoms with E-state index in [9.17, 15) is 8.78 Å². The molecule has 0 aliphatic carbocycles. The van der Waals surface area contributed by atoms with Crippen molar-refractivity contribution in [2.45, 2.75) is 19.5 Å². The molecule has 5 heteroatoms. The molecule has 0 radical (unpaired) electrons. The molecule has 0 saturated heterocycles. The molecule has 1 N–H and O–H groups in total. The highest BCUT2D eigenvalue weighted by molar-refractivity contribution is 9.13. The standard InChI is InChI=1S/C15H13Br2F2N/c1-9(11-3-5-14(18)15(19)7-11)20-8-10-2-4-12(16)13(17)6-10/h2-7,9,20H,8H2,1H3. The van der Waals surface area contributed by atoms with Crippen molar-refractivity contribution in [3.8, 4) is 0 Å². The van der Waals surface area contributed by atoms with Crippen molar-refractivity contribution in [2.75, 3.05) is 0 Å². The molecular weight excluding hydrogens is 392 g/mol. The molecule has 0 saturated carbocycles. The molecule has 2 rings (SSSR count). The molecular formula is C15H13Br2F2N. The van der Waals surface area contributed by atoms with Gasteiger partial charge in [-0.2, -0.15) is 0 Å². The molecule has 20 heavy (non-hydrogen) atoms. The van der Waals surface area contributed by atoms with Gasteiger partial charge in [-0.25, -0.2) is 8.78 Å². The van der Waals surface area contributed by atoms with Crippen LogP contribution in [0.1, 0.15) is 24.1 Å². The van der Waals surface area contributed by atoms with Crippen LogP contribution in [-0.4, -0.2) is 0 Å². The van der Waals surface area contributed by atoms with E-state index < -0.39 is 11.6 Å². The van der Waals surface area contributed by atoms with Crippen LogP contribution in [0.2, 0.25) is 0 Å². The SMILES string of the molecule is CC(NCc1ccc(Br)c(Br)c1)c1ccc(F)c(F)c1. The summed E-state index contributed by atoms with van der Waals surface area (Å²) in [6.07, 6.45) is 0. The first kappa shape index (κ1) is 15.6. The Kier molecular flexibility index (Phi) is 5.29. The van der Waals surface area contributed by atoms with Crippen LogP contribution in [0.15, 0.2) is 45.3 Å². The lowest BCUT2D eigenvalue weighted by molar-refractivity contribution is 0.500. The van der Waals surface area contributed by atoms with Crippen LogP contribution in [0, 0.1) is 11.6 Å². The first-order valence-corrected chi connectivity index (χ1v) is 7.68. The van der Waals surface area contributed by atoms with Crippen molar-refractivity contribution in [1.82, 2.24) is 5.32 Å². The van der Waals surface area contributed by atoms with Crippen LogP contribution in [-0.2, 0) is 6.54 Å². The molecule has 0 heterocycles. The molecule has 1 unspecified atom stereocenters. The fraction of sp³-hybridized carbons (Fsp3) is 0.200. The molecule has 106 valence electrons. The summed E-state index contributed by atoms with van der Waals surface area (Å²) in [5.74, 6) is -1.64. The van der Waals surface area contributed by atoms with Crippen molar-refractivity contribution >= 4 is 31.9 Å². The zero-order valence-corrected chi connectivity index (χ0v) is 13.9. The molecule has 2 aromatic rings. The van der Waals surface area contributed by atoms with E-state index in [1.807, 2.05) is 25.1 Å². The van der Waals surface area contributed by atoms with E-state index in [0.29, 0.717) is 6.54 Å². The third-order valence-corrected chi connectivity index (χ3v) is 4.92. The molecule has 0 amide bonds. The molecule has 0 aromatic heterocycles. The Morgan fingerprint density at radius 3 is 2.40 bits per heavy atom. The summed E-state index contributed by atoms with van der Waals surface area (Å²) in [4.78, 5) is 0. The summed E-state index contributed by atoms with van der Waals surface area (Å²) in [6.45, 7) is 2.56. The number of halogens is 4. The van der Waals surface area contributed by atoms with E-state index in [-0.39, 0.29) is 6.04 Å². The Bertz CT molecular complexity index is 617. The van der Waals surface area contributed by atoms with Gasteiger partial charge < -0.3 is 5.32 Å². The van der Waals surface area contributed by atoms with E-state index in [2.05, 4.69) is 37.2 Å². The molecule has 1 atom stereocenters. The van der Waals surface area contributed by atoms with E-state index in [1.165, 1.54) is 6.07 Å². The monoisotopic (exact) mass is 403 g/mol. The van der Waals surface area contributed by atoms with Crippen LogP contribution in [0.25, 0.3) is 0 Å². The highest BCUT2D eigenvalue weighted by atomic mass is 79.9. The quantitative estimate of drug-likeness (QED) is 0.725. The zero-order chi connectivity index (χ0) is 14.7. The molecule has 1 nitrogen and oxygen atoms in total. The van der Waals surface area contributed by atoms with E-state index in [1.54, 1.807) is 6.07 Å². The summed E-state index contributed by atoms with van der Waals surface area (Å²) in [6, 6.07) is 9.88. The Morgan fingerprint density at radius 1 is 1.00 bits per heavy atom. The summed E-state index contributed by atoms with van der Waals surface area (Å²) in [5, 5.41) is 3.28. The van der Waals surface area contributed by atoms with Crippen molar-refractivity contribution in [1.29, 1.82) is 0 Å². The lowest BCUT2D eigenvalue weighted by Gasteiger charge is -2.15. The van der Waals surface area contributed by atoms with Gasteiger partial charge in [0.15, 0.2) is 11.6 Å². The van der Waals surface area contributed by atoms with Crippen molar-refractivity contribution < 1.29 is 8.78 Å². The van der Waals surface area contributed by atoms with Crippen LogP contribution < -0.4 is 5.32 Å². The second kappa shape index (κ2) is 6.78. The van der Waals surface area contributed by atoms with Gasteiger partial charge in [-0.15, -0.1) is 0 Å². The van der Waals surface area contributed by atoms with Gasteiger partial charge in [0, 0.05) is 21.5 Å². The first-order chi connectivity index (χ1) is 9.47. The second-order valence-corrected chi connectivity index (χ2v) is 6.23. The third kappa shape index (κ3) is 3.87. The average molecular weight is 405 g/mol. The predicted octanol–water partition coefficient (Wildman–Crippen LogP) is 5.34. The van der Waals surface area contributed by atoms with E-state index in [4.69, 9.17) is 0 Å². The van der Waals surface area contributed by atoms with Gasteiger partial charge in [-0.05, 0) is 74.2 Å². The van der Waals surface area contributed by atoms with Gasteiger partial charge in [0.2, 0.25) is 0 Å². The maximum Gasteiger partial charge on any atom is 0.159 e. The van der Waals surface area contributed by atoms with Crippen LogP contribution in [0.4, 0.5) is 8.78 Å². The lowest BCUT2D eigenvalue weighted by Crippen LogP contribution is -2.18. The highest BCUT2D eigenvalue weighted by Crippen LogP contribution is 2.24. The van der Waals surface area contributed by atoms with Gasteiger partial charge in [-0.1, -0.05) is 12.1 Å². The fourth-order valence-electron chi connectivity index (χ4n) is 1.82. The van der Waals surface area contributed by atoms with Crippen LogP contribution in [0.5, 0.6) is 0 Å². The summed E-state index contributed by atoms with van der Waals surface area (Å²) < 4.78 is 28.1. The minimum absolute atomic E-state index is 0.0625. The van der Waals surface area contributed by atoms with Gasteiger partial charge in [0.05, 0.1) is 0 Å². The number of hydrogen-bond acceptors (Lipinski definition) is 1. The molecule has 0 aliphatic rings. The predicted molar refractivity (Wildman–Crippen MR) is 83.5 cm³/mol. The fourth-order valence-corrected chi connectivity index (χ4v) is 2.49. The highest BCUT2D eigenvalue weighted by Gasteiger charge is 2.09. The number of rotatable bonds is 4. The summed E-state index contributed by atoms with van der Waals surface area (Å²) >= 11 is 6.87. The summed E-state index contributed by atoms with van der Waals surface area (Å²) in [7, 11) is 0. The normalized spacial score (nSPS) is 12.4. The largest absolute Gasteiger partial charge is 0.306 e. The van der Waals surface area contributed by atoms with E-state index in [0.717, 1.165) is 26.1 Å². The molecule has 2 aromatic carbocycles. The second-order valence-electron chi connectivity index (χ2n) is 4.52. The molecule has 0 aliphatic heterocycles. The molecule has 0 fully saturated rings. The minimum atomic E-state index is -0.821. The summed E-state index contributed by atoms with van der Waals surface area (Å²) in [5.41, 5.74) is 1.83. The number of nitrogens with one attached hydrogen (secondary N) is 1. The minimum Gasteiger partial charge on any atom is -0.306 e. The Hall–Kier alpha value is -0.780. The van der Waals surface area contributed by atoms with Gasteiger partial charge in [-0.3, -0.25) is 0 Å². The Morgan fingerprint density at radius 2 is 1.75 bits per heavy atom. The molecule has 0 bridgehead atoms. The maximum absolute atomic E-state index is 13.2. The smallest absolute Gasteiger partial charge is 0.159 e. The number of hydrogen-bond donors (Lipinski definition) is 1. The zero-order valence-electron chi connectivity index (χ0n) is 10.8. The Labute approximate surface area is 133 Å². The van der Waals surface area contributed by atoms with Crippen molar-refractivity contribution in [3.63, 3.8) is 0 Å². The number of benzene rings is 2.